The predicted octanol–water partition coefficient (Wildman–Crippen LogP) is 1.88. The first-order valence-corrected chi connectivity index (χ1v) is 6.13. The quantitative estimate of drug-likeness (QED) is 0.694. The number of hydrogen-bond donors (Lipinski definition) is 2. The lowest BCUT2D eigenvalue weighted by molar-refractivity contribution is 0.157. The van der Waals surface area contributed by atoms with E-state index >= 15 is 0 Å². The minimum atomic E-state index is -0.128. The summed E-state index contributed by atoms with van der Waals surface area (Å²) >= 11 is 1.84. The highest BCUT2D eigenvalue weighted by molar-refractivity contribution is 7.99. The molecule has 0 fully saturated rings. The van der Waals surface area contributed by atoms with Crippen LogP contribution in [-0.4, -0.2) is 34.8 Å². The van der Waals surface area contributed by atoms with Crippen LogP contribution in [0.2, 0.25) is 0 Å². The van der Waals surface area contributed by atoms with Gasteiger partial charge in [0.05, 0.1) is 6.61 Å². The molecule has 0 spiro atoms. The van der Waals surface area contributed by atoms with Gasteiger partial charge in [-0.3, -0.25) is 0 Å². The number of hydrogen-bond acceptors (Lipinski definition) is 3. The molecule has 0 bridgehead atoms. The Morgan fingerprint density at radius 3 is 2.23 bits per heavy atom. The topological polar surface area (TPSA) is 32.3 Å². The van der Waals surface area contributed by atoms with Crippen molar-refractivity contribution in [2.75, 3.05) is 12.9 Å². The minimum Gasteiger partial charge on any atom is -0.394 e. The van der Waals surface area contributed by atoms with Crippen molar-refractivity contribution in [3.05, 3.63) is 0 Å². The molecule has 2 N–H and O–H groups in total. The molecule has 2 unspecified atom stereocenters. The average Bonchev–Trinajstić information content (AvgIpc) is 2.02. The zero-order valence-electron chi connectivity index (χ0n) is 9.42. The number of aliphatic hydroxyl groups excluding tert-OH is 1. The van der Waals surface area contributed by atoms with Crippen molar-refractivity contribution in [2.45, 2.75) is 50.9 Å². The molecule has 80 valence electrons. The van der Waals surface area contributed by atoms with Crippen molar-refractivity contribution in [1.29, 1.82) is 0 Å². The Hall–Kier alpha value is 0.270. The second-order valence-corrected chi connectivity index (χ2v) is 5.54. The number of rotatable bonds is 6. The summed E-state index contributed by atoms with van der Waals surface area (Å²) in [6.45, 7) is 8.70. The van der Waals surface area contributed by atoms with E-state index in [1.165, 1.54) is 0 Å². The monoisotopic (exact) mass is 205 g/mol. The summed E-state index contributed by atoms with van der Waals surface area (Å²) in [7, 11) is 0. The third-order valence-corrected chi connectivity index (χ3v) is 3.10. The highest BCUT2D eigenvalue weighted by atomic mass is 32.2. The molecule has 2 atom stereocenters. The summed E-state index contributed by atoms with van der Waals surface area (Å²) in [6.07, 6.45) is 3.11. The Bertz CT molecular complexity index is 141. The van der Waals surface area contributed by atoms with Gasteiger partial charge in [0.1, 0.15) is 0 Å². The van der Waals surface area contributed by atoms with Crippen molar-refractivity contribution in [3.63, 3.8) is 0 Å². The molecule has 0 amide bonds. The van der Waals surface area contributed by atoms with Crippen molar-refractivity contribution in [3.8, 4) is 0 Å². The molecule has 3 heteroatoms. The molecule has 0 aromatic rings. The van der Waals surface area contributed by atoms with Crippen LogP contribution < -0.4 is 5.32 Å². The molecule has 0 aliphatic heterocycles. The van der Waals surface area contributed by atoms with Gasteiger partial charge in [0.25, 0.3) is 0 Å². The molecule has 0 aromatic heterocycles. The molecule has 0 heterocycles. The van der Waals surface area contributed by atoms with E-state index < -0.39 is 0 Å². The summed E-state index contributed by atoms with van der Waals surface area (Å²) in [5.74, 6) is 0. The van der Waals surface area contributed by atoms with Gasteiger partial charge >= 0.3 is 0 Å². The second kappa shape index (κ2) is 5.89. The Morgan fingerprint density at radius 1 is 1.38 bits per heavy atom. The van der Waals surface area contributed by atoms with E-state index in [2.05, 4.69) is 39.3 Å². The predicted molar refractivity (Wildman–Crippen MR) is 61.4 cm³/mol. The maximum Gasteiger partial charge on any atom is 0.0611 e. The van der Waals surface area contributed by atoms with Crippen LogP contribution in [0.3, 0.4) is 0 Å². The molecule has 0 aliphatic rings. The lowest BCUT2D eigenvalue weighted by atomic mass is 9.96. The van der Waals surface area contributed by atoms with E-state index in [9.17, 15) is 5.11 Å². The van der Waals surface area contributed by atoms with Crippen LogP contribution in [0.5, 0.6) is 0 Å². The smallest absolute Gasteiger partial charge is 0.0611 e. The van der Waals surface area contributed by atoms with Gasteiger partial charge in [0.2, 0.25) is 0 Å². The third-order valence-electron chi connectivity index (χ3n) is 2.13. The Balaban J connectivity index is 4.10. The number of aliphatic hydroxyl groups is 1. The van der Waals surface area contributed by atoms with Gasteiger partial charge in [-0.2, -0.15) is 11.8 Å². The maximum absolute atomic E-state index is 9.31. The molecule has 2 nitrogen and oxygen atoms in total. The van der Waals surface area contributed by atoms with E-state index in [1.54, 1.807) is 0 Å². The molecular formula is C10H23NOS. The van der Waals surface area contributed by atoms with Crippen LogP contribution >= 0.6 is 11.8 Å². The zero-order chi connectivity index (χ0) is 10.5. The van der Waals surface area contributed by atoms with Crippen LogP contribution in [0.1, 0.15) is 34.1 Å². The Kier molecular flexibility index (Phi) is 6.01. The van der Waals surface area contributed by atoms with Gasteiger partial charge in [-0.05, 0) is 19.6 Å². The van der Waals surface area contributed by atoms with Crippen molar-refractivity contribution >= 4 is 11.8 Å². The zero-order valence-corrected chi connectivity index (χ0v) is 10.2. The summed E-state index contributed by atoms with van der Waals surface area (Å²) < 4.78 is 0. The first kappa shape index (κ1) is 13.3. The Labute approximate surface area is 86.5 Å². The molecule has 0 rings (SSSR count). The van der Waals surface area contributed by atoms with Crippen LogP contribution in [0.4, 0.5) is 0 Å². The number of nitrogens with one attached hydrogen (secondary N) is 1. The SMILES string of the molecule is CSC(C)CC(C)(CO)NC(C)C. The molecule has 0 aromatic carbocycles. The van der Waals surface area contributed by atoms with E-state index in [1.807, 2.05) is 11.8 Å². The van der Waals surface area contributed by atoms with E-state index in [0.717, 1.165) is 6.42 Å². The van der Waals surface area contributed by atoms with E-state index in [0.29, 0.717) is 11.3 Å². The lowest BCUT2D eigenvalue weighted by Crippen LogP contribution is -2.50. The molecule has 0 radical (unpaired) electrons. The van der Waals surface area contributed by atoms with Gasteiger partial charge < -0.3 is 10.4 Å². The fourth-order valence-corrected chi connectivity index (χ4v) is 2.12. The highest BCUT2D eigenvalue weighted by Crippen LogP contribution is 2.20. The molecule has 13 heavy (non-hydrogen) atoms. The first-order valence-electron chi connectivity index (χ1n) is 4.85. The van der Waals surface area contributed by atoms with Crippen molar-refractivity contribution in [1.82, 2.24) is 5.32 Å². The maximum atomic E-state index is 9.31. The standard InChI is InChI=1S/C10H23NOS/c1-8(2)11-10(4,7-12)6-9(3)13-5/h8-9,11-12H,6-7H2,1-5H3. The molecule has 0 saturated heterocycles. The van der Waals surface area contributed by atoms with Crippen molar-refractivity contribution < 1.29 is 5.11 Å². The van der Waals surface area contributed by atoms with Crippen LogP contribution in [0.25, 0.3) is 0 Å². The van der Waals surface area contributed by atoms with E-state index in [4.69, 9.17) is 0 Å². The molecule has 0 aliphatic carbocycles. The van der Waals surface area contributed by atoms with Gasteiger partial charge in [-0.15, -0.1) is 0 Å². The summed E-state index contributed by atoms with van der Waals surface area (Å²) in [5.41, 5.74) is -0.128. The fraction of sp³-hybridized carbons (Fsp3) is 1.00. The van der Waals surface area contributed by atoms with E-state index in [-0.39, 0.29) is 12.1 Å². The van der Waals surface area contributed by atoms with Crippen LogP contribution in [0, 0.1) is 0 Å². The normalized spacial score (nSPS) is 18.7. The lowest BCUT2D eigenvalue weighted by Gasteiger charge is -2.33. The summed E-state index contributed by atoms with van der Waals surface area (Å²) in [5, 5.41) is 13.3. The molecule has 0 saturated carbocycles. The second-order valence-electron chi connectivity index (χ2n) is 4.27. The van der Waals surface area contributed by atoms with Crippen LogP contribution in [0.15, 0.2) is 0 Å². The van der Waals surface area contributed by atoms with Crippen LogP contribution in [-0.2, 0) is 0 Å². The largest absolute Gasteiger partial charge is 0.394 e. The van der Waals surface area contributed by atoms with Gasteiger partial charge in [-0.1, -0.05) is 20.8 Å². The summed E-state index contributed by atoms with van der Waals surface area (Å²) in [6, 6.07) is 0.422. The Morgan fingerprint density at radius 2 is 1.92 bits per heavy atom. The fourth-order valence-electron chi connectivity index (χ4n) is 1.58. The highest BCUT2D eigenvalue weighted by Gasteiger charge is 2.25. The first-order chi connectivity index (χ1) is 5.93. The molecular weight excluding hydrogens is 182 g/mol. The number of thioether (sulfide) groups is 1. The summed E-state index contributed by atoms with van der Waals surface area (Å²) in [4.78, 5) is 0. The van der Waals surface area contributed by atoms with Gasteiger partial charge in [0.15, 0.2) is 0 Å². The minimum absolute atomic E-state index is 0.128. The van der Waals surface area contributed by atoms with Gasteiger partial charge in [0, 0.05) is 16.8 Å². The average molecular weight is 205 g/mol. The third kappa shape index (κ3) is 5.55. The van der Waals surface area contributed by atoms with Gasteiger partial charge in [-0.25, -0.2) is 0 Å². The van der Waals surface area contributed by atoms with Crippen molar-refractivity contribution in [2.24, 2.45) is 0 Å².